The lowest BCUT2D eigenvalue weighted by Crippen LogP contribution is -2.54. The van der Waals surface area contributed by atoms with Gasteiger partial charge >= 0.3 is 0 Å². The molecule has 21 heavy (non-hydrogen) atoms. The fourth-order valence-electron chi connectivity index (χ4n) is 2.69. The van der Waals surface area contributed by atoms with Crippen molar-refractivity contribution in [3.63, 3.8) is 0 Å². The molecule has 1 saturated heterocycles. The van der Waals surface area contributed by atoms with Crippen LogP contribution >= 0.6 is 12.2 Å². The Morgan fingerprint density at radius 3 is 2.67 bits per heavy atom. The van der Waals surface area contributed by atoms with Gasteiger partial charge in [0.05, 0.1) is 16.6 Å². The van der Waals surface area contributed by atoms with E-state index < -0.39 is 0 Å². The zero-order valence-electron chi connectivity index (χ0n) is 12.4. The summed E-state index contributed by atoms with van der Waals surface area (Å²) < 4.78 is 0. The van der Waals surface area contributed by atoms with Crippen LogP contribution in [-0.2, 0) is 0 Å². The van der Waals surface area contributed by atoms with Crippen LogP contribution < -0.4 is 5.73 Å². The first-order valence-electron chi connectivity index (χ1n) is 7.36. The van der Waals surface area contributed by atoms with Crippen molar-refractivity contribution in [2.24, 2.45) is 5.73 Å². The van der Waals surface area contributed by atoms with Gasteiger partial charge in [0, 0.05) is 38.6 Å². The molecule has 6 heteroatoms. The fraction of sp³-hybridized carbons (Fsp3) is 0.533. The van der Waals surface area contributed by atoms with Gasteiger partial charge in [0.2, 0.25) is 0 Å². The molecule has 0 bridgehead atoms. The smallest absolute Gasteiger partial charge is 0.255 e. The molecule has 1 aromatic heterocycles. The van der Waals surface area contributed by atoms with E-state index in [1.807, 2.05) is 4.90 Å². The topological polar surface area (TPSA) is 62.5 Å². The summed E-state index contributed by atoms with van der Waals surface area (Å²) in [6.45, 7) is 5.17. The standard InChI is InChI=1S/C15H22N4OS/c1-2-4-13(14(16)21)18-7-9-19(10-8-18)15(20)12-5-3-6-17-11-12/h3,5-6,11,13H,2,4,7-10H2,1H3,(H2,16,21). The summed E-state index contributed by atoms with van der Waals surface area (Å²) in [6, 6.07) is 3.74. The van der Waals surface area contributed by atoms with E-state index in [-0.39, 0.29) is 11.9 Å². The van der Waals surface area contributed by atoms with E-state index in [1.54, 1.807) is 24.5 Å². The van der Waals surface area contributed by atoms with Gasteiger partial charge in [0.15, 0.2) is 0 Å². The molecule has 2 heterocycles. The Balaban J connectivity index is 1.94. The first-order chi connectivity index (χ1) is 10.1. The molecule has 0 saturated carbocycles. The molecule has 2 rings (SSSR count). The highest BCUT2D eigenvalue weighted by Gasteiger charge is 2.27. The van der Waals surface area contributed by atoms with Crippen molar-refractivity contribution in [1.82, 2.24) is 14.8 Å². The molecule has 114 valence electrons. The van der Waals surface area contributed by atoms with Gasteiger partial charge in [0.25, 0.3) is 5.91 Å². The number of hydrogen-bond donors (Lipinski definition) is 1. The molecule has 1 aromatic rings. The van der Waals surface area contributed by atoms with Gasteiger partial charge in [0.1, 0.15) is 0 Å². The predicted octanol–water partition coefficient (Wildman–Crippen LogP) is 1.29. The van der Waals surface area contributed by atoms with Crippen molar-refractivity contribution < 1.29 is 4.79 Å². The van der Waals surface area contributed by atoms with Crippen molar-refractivity contribution >= 4 is 23.1 Å². The molecular formula is C15H22N4OS. The van der Waals surface area contributed by atoms with Crippen LogP contribution in [0.15, 0.2) is 24.5 Å². The van der Waals surface area contributed by atoms with Gasteiger partial charge in [-0.15, -0.1) is 0 Å². The van der Waals surface area contributed by atoms with Crippen molar-refractivity contribution in [2.75, 3.05) is 26.2 Å². The number of carbonyl (C=O) groups is 1. The number of nitrogens with zero attached hydrogens (tertiary/aromatic N) is 3. The van der Waals surface area contributed by atoms with Crippen LogP contribution in [0.1, 0.15) is 30.1 Å². The van der Waals surface area contributed by atoms with E-state index in [2.05, 4.69) is 16.8 Å². The van der Waals surface area contributed by atoms with Crippen molar-refractivity contribution in [3.05, 3.63) is 30.1 Å². The van der Waals surface area contributed by atoms with Crippen LogP contribution in [0.3, 0.4) is 0 Å². The Morgan fingerprint density at radius 1 is 1.43 bits per heavy atom. The number of hydrogen-bond acceptors (Lipinski definition) is 4. The summed E-state index contributed by atoms with van der Waals surface area (Å²) in [5, 5.41) is 0. The summed E-state index contributed by atoms with van der Waals surface area (Å²) in [4.78, 5) is 21.1. The van der Waals surface area contributed by atoms with Gasteiger partial charge in [-0.2, -0.15) is 0 Å². The quantitative estimate of drug-likeness (QED) is 0.831. The van der Waals surface area contributed by atoms with Crippen molar-refractivity contribution in [3.8, 4) is 0 Å². The normalized spacial score (nSPS) is 17.5. The van der Waals surface area contributed by atoms with Crippen LogP contribution in [0.5, 0.6) is 0 Å². The summed E-state index contributed by atoms with van der Waals surface area (Å²) >= 11 is 5.17. The molecular weight excluding hydrogens is 284 g/mol. The molecule has 5 nitrogen and oxygen atoms in total. The Bertz CT molecular complexity index is 486. The summed E-state index contributed by atoms with van der Waals surface area (Å²) in [6.07, 6.45) is 5.32. The number of pyridine rings is 1. The summed E-state index contributed by atoms with van der Waals surface area (Å²) in [5.41, 5.74) is 6.48. The maximum atomic E-state index is 12.4. The largest absolute Gasteiger partial charge is 0.392 e. The second kappa shape index (κ2) is 7.47. The molecule has 1 fully saturated rings. The number of piperazine rings is 1. The molecule has 0 radical (unpaired) electrons. The minimum absolute atomic E-state index is 0.0464. The first kappa shape index (κ1) is 15.9. The highest BCUT2D eigenvalue weighted by Crippen LogP contribution is 2.13. The van der Waals surface area contributed by atoms with Crippen LogP contribution in [0, 0.1) is 0 Å². The SMILES string of the molecule is CCCC(C(N)=S)N1CCN(C(=O)c2cccnc2)CC1. The van der Waals surface area contributed by atoms with Gasteiger partial charge < -0.3 is 10.6 Å². The molecule has 2 N–H and O–H groups in total. The van der Waals surface area contributed by atoms with E-state index in [1.165, 1.54) is 0 Å². The van der Waals surface area contributed by atoms with E-state index >= 15 is 0 Å². The van der Waals surface area contributed by atoms with E-state index in [0.29, 0.717) is 23.6 Å². The lowest BCUT2D eigenvalue weighted by atomic mass is 10.1. The predicted molar refractivity (Wildman–Crippen MR) is 87.2 cm³/mol. The Morgan fingerprint density at radius 2 is 2.14 bits per heavy atom. The lowest BCUT2D eigenvalue weighted by molar-refractivity contribution is 0.0608. The number of amides is 1. The molecule has 0 spiro atoms. The first-order valence-corrected chi connectivity index (χ1v) is 7.77. The van der Waals surface area contributed by atoms with Crippen LogP contribution in [0.2, 0.25) is 0 Å². The molecule has 1 unspecified atom stereocenters. The molecule has 0 aromatic carbocycles. The van der Waals surface area contributed by atoms with Crippen molar-refractivity contribution in [2.45, 2.75) is 25.8 Å². The molecule has 0 aliphatic carbocycles. The highest BCUT2D eigenvalue weighted by atomic mass is 32.1. The highest BCUT2D eigenvalue weighted by molar-refractivity contribution is 7.80. The second-order valence-corrected chi connectivity index (χ2v) is 5.75. The maximum absolute atomic E-state index is 12.4. The van der Waals surface area contributed by atoms with Crippen LogP contribution in [0.4, 0.5) is 0 Å². The minimum atomic E-state index is 0.0464. The van der Waals surface area contributed by atoms with Gasteiger partial charge in [-0.25, -0.2) is 0 Å². The third kappa shape index (κ3) is 3.98. The number of aromatic nitrogens is 1. The summed E-state index contributed by atoms with van der Waals surface area (Å²) in [5.74, 6) is 0.0464. The molecule has 1 aliphatic heterocycles. The van der Waals surface area contributed by atoms with Crippen molar-refractivity contribution in [1.29, 1.82) is 0 Å². The number of carbonyl (C=O) groups excluding carboxylic acids is 1. The van der Waals surface area contributed by atoms with Crippen LogP contribution in [-0.4, -0.2) is 57.9 Å². The third-order valence-electron chi connectivity index (χ3n) is 3.84. The zero-order valence-corrected chi connectivity index (χ0v) is 13.2. The average molecular weight is 306 g/mol. The van der Waals surface area contributed by atoms with E-state index in [4.69, 9.17) is 18.0 Å². The van der Waals surface area contributed by atoms with Gasteiger partial charge in [-0.3, -0.25) is 14.7 Å². The Kier molecular flexibility index (Phi) is 5.64. The van der Waals surface area contributed by atoms with E-state index in [9.17, 15) is 4.79 Å². The molecule has 1 aliphatic rings. The monoisotopic (exact) mass is 306 g/mol. The van der Waals surface area contributed by atoms with Gasteiger partial charge in [-0.05, 0) is 18.6 Å². The Hall–Kier alpha value is -1.53. The zero-order chi connectivity index (χ0) is 15.2. The second-order valence-electron chi connectivity index (χ2n) is 5.28. The van der Waals surface area contributed by atoms with Crippen LogP contribution in [0.25, 0.3) is 0 Å². The molecule has 1 amide bonds. The lowest BCUT2D eigenvalue weighted by Gasteiger charge is -2.38. The fourth-order valence-corrected chi connectivity index (χ4v) is 2.95. The number of rotatable bonds is 5. The summed E-state index contributed by atoms with van der Waals surface area (Å²) in [7, 11) is 0. The van der Waals surface area contributed by atoms with Gasteiger partial charge in [-0.1, -0.05) is 25.6 Å². The Labute approximate surface area is 131 Å². The number of nitrogens with two attached hydrogens (primary N) is 1. The number of thiocarbonyl (C=S) groups is 1. The van der Waals surface area contributed by atoms with E-state index in [0.717, 1.165) is 25.9 Å². The maximum Gasteiger partial charge on any atom is 0.255 e. The average Bonchev–Trinajstić information content (AvgIpc) is 2.53. The molecule has 1 atom stereocenters. The minimum Gasteiger partial charge on any atom is -0.392 e. The third-order valence-corrected chi connectivity index (χ3v) is 4.11.